The smallest absolute Gasteiger partial charge is 0.419 e. The monoisotopic (exact) mass is 1020 g/mol. The van der Waals surface area contributed by atoms with Crippen molar-refractivity contribution in [2.24, 2.45) is 5.41 Å². The molecule has 3 atom stereocenters. The summed E-state index contributed by atoms with van der Waals surface area (Å²) in [6.45, 7) is 13.7. The van der Waals surface area contributed by atoms with Gasteiger partial charge in [-0.15, -0.1) is 11.3 Å². The minimum absolute atomic E-state index is 0.0306. The van der Waals surface area contributed by atoms with Crippen molar-refractivity contribution >= 4 is 63.7 Å². The van der Waals surface area contributed by atoms with Crippen molar-refractivity contribution in [2.45, 2.75) is 104 Å². The number of unbranched alkanes of at least 4 members (excludes halogenated alkanes) is 1. The summed E-state index contributed by atoms with van der Waals surface area (Å²) < 4.78 is 52.8. The van der Waals surface area contributed by atoms with Gasteiger partial charge in [-0.05, 0) is 124 Å². The number of likely N-dealkylation sites (tertiary alicyclic amines) is 1. The maximum Gasteiger partial charge on any atom is 0.419 e. The van der Waals surface area contributed by atoms with Crippen LogP contribution in [0.2, 0.25) is 0 Å². The number of thiazole rings is 1. The first kappa shape index (κ1) is 53.1. The maximum absolute atomic E-state index is 14.0. The number of thiocarbonyl (C=S) groups is 1. The molecule has 0 radical (unpaired) electrons. The average molecular weight is 1020 g/mol. The summed E-state index contributed by atoms with van der Waals surface area (Å²) in [6, 6.07) is 23.1. The van der Waals surface area contributed by atoms with Gasteiger partial charge in [-0.1, -0.05) is 69.3 Å². The summed E-state index contributed by atoms with van der Waals surface area (Å²) in [4.78, 5) is 67.7. The van der Waals surface area contributed by atoms with E-state index < -0.39 is 52.3 Å². The van der Waals surface area contributed by atoms with Gasteiger partial charge < -0.3 is 29.9 Å². The van der Waals surface area contributed by atoms with E-state index in [-0.39, 0.29) is 35.3 Å². The molecule has 2 fully saturated rings. The second-order valence-electron chi connectivity index (χ2n) is 19.4. The van der Waals surface area contributed by atoms with Gasteiger partial charge in [0.1, 0.15) is 36.0 Å². The Morgan fingerprint density at radius 3 is 2.18 bits per heavy atom. The predicted molar refractivity (Wildman–Crippen MR) is 273 cm³/mol. The fourth-order valence-electron chi connectivity index (χ4n) is 8.76. The first-order valence-electron chi connectivity index (χ1n) is 23.6. The van der Waals surface area contributed by atoms with Crippen LogP contribution in [-0.2, 0) is 30.1 Å². The first-order valence-corrected chi connectivity index (χ1v) is 24.9. The van der Waals surface area contributed by atoms with Crippen LogP contribution >= 0.6 is 23.6 Å². The van der Waals surface area contributed by atoms with Gasteiger partial charge in [-0.25, -0.2) is 9.97 Å². The number of carbonyl (C=O) groups is 4. The Labute approximate surface area is 426 Å². The van der Waals surface area contributed by atoms with E-state index in [9.17, 15) is 37.6 Å². The largest absolute Gasteiger partial charge is 0.494 e. The number of halogens is 3. The molecule has 2 aromatic heterocycles. The number of amides is 4. The Bertz CT molecular complexity index is 2840. The van der Waals surface area contributed by atoms with Gasteiger partial charge in [0.05, 0.1) is 46.2 Å². The number of aryl methyl sites for hydroxylation is 1. The number of nitriles is 1. The van der Waals surface area contributed by atoms with E-state index in [1.54, 1.807) is 47.1 Å². The quantitative estimate of drug-likeness (QED) is 0.0672. The zero-order valence-corrected chi connectivity index (χ0v) is 42.8. The van der Waals surface area contributed by atoms with E-state index in [4.69, 9.17) is 21.7 Å². The van der Waals surface area contributed by atoms with E-state index in [1.165, 1.54) is 6.07 Å². The molecule has 4 amide bonds. The zero-order valence-electron chi connectivity index (χ0n) is 41.1. The van der Waals surface area contributed by atoms with Crippen LogP contribution in [0.5, 0.6) is 5.75 Å². The van der Waals surface area contributed by atoms with Crippen molar-refractivity contribution in [3.05, 3.63) is 113 Å². The van der Waals surface area contributed by atoms with Gasteiger partial charge in [0.15, 0.2) is 10.8 Å². The number of aromatic nitrogens is 2. The summed E-state index contributed by atoms with van der Waals surface area (Å²) in [5, 5.41) is 15.1. The van der Waals surface area contributed by atoms with Gasteiger partial charge in [-0.2, -0.15) is 18.4 Å². The molecule has 2 saturated heterocycles. The Balaban J connectivity index is 0.839. The number of nitrogens with one attached hydrogen (secondary N) is 2. The fraction of sp³-hybridized carbons (Fsp3) is 0.396. The van der Waals surface area contributed by atoms with Gasteiger partial charge in [0.25, 0.3) is 5.91 Å². The number of ether oxygens (including phenoxy) is 2. The molecule has 14 nitrogen and oxygen atoms in total. The number of carbonyl (C=O) groups excluding carboxylic acids is 4. The minimum atomic E-state index is -4.86. The molecular formula is C53H57F3N8O6S2. The van der Waals surface area contributed by atoms with Crippen molar-refractivity contribution in [1.29, 1.82) is 5.26 Å². The van der Waals surface area contributed by atoms with Gasteiger partial charge in [0, 0.05) is 18.8 Å². The van der Waals surface area contributed by atoms with Crippen LogP contribution in [0.3, 0.4) is 0 Å². The standard InChI is InChI=1S/C53H57F3N8O6S2/c1-32(34-12-14-37(15-13-34)45-33(2)59-31-72-45)60-47(66)43-11-10-24-62(43)48(67)46(51(3,4)5)61-44(65)30-69-25-8-9-26-70-40-22-18-36(19-23-40)35-16-20-38(21-17-35)64-50(71)63(49(68)52(64,6)7)39-27-41(53(54,55)56)42(28-57)58-29-39/h12-23,27,29,31-32,43,46H,8-11,24-26,30H2,1-7H3,(H,60,66)(H,61,65)/t32-,43-,46+/m0/s1. The van der Waals surface area contributed by atoms with Gasteiger partial charge in [-0.3, -0.25) is 24.1 Å². The van der Waals surface area contributed by atoms with Crippen LogP contribution in [0.1, 0.15) is 95.8 Å². The Morgan fingerprint density at radius 2 is 1.57 bits per heavy atom. The van der Waals surface area contributed by atoms with Crippen molar-refractivity contribution < 1.29 is 41.8 Å². The van der Waals surface area contributed by atoms with E-state index in [2.05, 4.69) is 20.6 Å². The molecule has 2 N–H and O–H groups in total. The maximum atomic E-state index is 14.0. The Hall–Kier alpha value is -6.75. The van der Waals surface area contributed by atoms with Crippen molar-refractivity contribution in [3.63, 3.8) is 0 Å². The van der Waals surface area contributed by atoms with Crippen LogP contribution in [0.4, 0.5) is 24.5 Å². The van der Waals surface area contributed by atoms with E-state index in [0.717, 1.165) is 43.9 Å². The molecule has 7 rings (SSSR count). The molecule has 72 heavy (non-hydrogen) atoms. The number of pyridine rings is 1. The molecule has 0 saturated carbocycles. The van der Waals surface area contributed by atoms with Crippen LogP contribution in [0, 0.1) is 23.7 Å². The zero-order chi connectivity index (χ0) is 52.1. The Kier molecular flexibility index (Phi) is 16.2. The molecular weight excluding hydrogens is 966 g/mol. The number of benzene rings is 3. The van der Waals surface area contributed by atoms with E-state index in [1.807, 2.05) is 101 Å². The second kappa shape index (κ2) is 21.9. The van der Waals surface area contributed by atoms with Crippen LogP contribution in [0.15, 0.2) is 90.6 Å². The highest BCUT2D eigenvalue weighted by Crippen LogP contribution is 2.40. The summed E-state index contributed by atoms with van der Waals surface area (Å²) in [6.07, 6.45) is -1.35. The molecule has 0 unspecified atom stereocenters. The average Bonchev–Trinajstić information content (AvgIpc) is 4.06. The third-order valence-corrected chi connectivity index (χ3v) is 14.1. The molecule has 378 valence electrons. The van der Waals surface area contributed by atoms with Crippen LogP contribution in [0.25, 0.3) is 21.6 Å². The normalized spacial score (nSPS) is 16.6. The minimum Gasteiger partial charge on any atom is -0.494 e. The molecule has 5 aromatic rings. The lowest BCUT2D eigenvalue weighted by Gasteiger charge is -2.35. The van der Waals surface area contributed by atoms with E-state index in [0.29, 0.717) is 62.9 Å². The molecule has 2 aliphatic rings. The van der Waals surface area contributed by atoms with Gasteiger partial charge >= 0.3 is 6.18 Å². The number of hydrogen-bond donors (Lipinski definition) is 2. The highest BCUT2D eigenvalue weighted by atomic mass is 32.1. The van der Waals surface area contributed by atoms with Crippen LogP contribution < -0.4 is 25.2 Å². The molecule has 2 aliphatic heterocycles. The first-order chi connectivity index (χ1) is 34.1. The topological polar surface area (TPSA) is 170 Å². The number of hydrogen-bond acceptors (Lipinski definition) is 11. The molecule has 0 spiro atoms. The van der Waals surface area contributed by atoms with Crippen molar-refractivity contribution in [3.8, 4) is 33.4 Å². The molecule has 4 heterocycles. The Morgan fingerprint density at radius 1 is 0.931 bits per heavy atom. The molecule has 0 aliphatic carbocycles. The molecule has 0 bridgehead atoms. The van der Waals surface area contributed by atoms with Crippen molar-refractivity contribution in [1.82, 2.24) is 25.5 Å². The number of anilines is 2. The second-order valence-corrected chi connectivity index (χ2v) is 20.6. The molecule has 3 aromatic carbocycles. The fourth-order valence-corrected chi connectivity index (χ4v) is 10.1. The lowest BCUT2D eigenvalue weighted by Crippen LogP contribution is -2.58. The third kappa shape index (κ3) is 11.8. The number of rotatable bonds is 17. The summed E-state index contributed by atoms with van der Waals surface area (Å²) in [5.41, 5.74) is 2.96. The highest BCUT2D eigenvalue weighted by molar-refractivity contribution is 7.81. The lowest BCUT2D eigenvalue weighted by molar-refractivity contribution is -0.144. The SMILES string of the molecule is Cc1ncsc1-c1ccc([C@H](C)NC(=O)[C@@H]2CCCN2C(=O)[C@@H](NC(=O)COCCCCOc2ccc(-c3ccc(N4C(=S)N(c5cnc(C#N)c(C(F)(F)F)c5)C(=O)C4(C)C)cc3)cc2)C(C)(C)C)cc1. The van der Waals surface area contributed by atoms with Crippen molar-refractivity contribution in [2.75, 3.05) is 36.2 Å². The number of alkyl halides is 3. The van der Waals surface area contributed by atoms with Crippen LogP contribution in [-0.4, -0.2) is 87.6 Å². The van der Waals surface area contributed by atoms with Gasteiger partial charge in [0.2, 0.25) is 17.7 Å². The lowest BCUT2D eigenvalue weighted by atomic mass is 9.85. The highest BCUT2D eigenvalue weighted by Gasteiger charge is 2.51. The number of nitrogens with zero attached hydrogens (tertiary/aromatic N) is 6. The molecule has 19 heteroatoms. The third-order valence-electron chi connectivity index (χ3n) is 12.7. The predicted octanol–water partition coefficient (Wildman–Crippen LogP) is 9.56. The van der Waals surface area contributed by atoms with E-state index >= 15 is 0 Å². The summed E-state index contributed by atoms with van der Waals surface area (Å²) >= 11 is 7.23. The summed E-state index contributed by atoms with van der Waals surface area (Å²) in [7, 11) is 0. The summed E-state index contributed by atoms with van der Waals surface area (Å²) in [5.74, 6) is -0.849.